The predicted molar refractivity (Wildman–Crippen MR) is 115 cm³/mol. The number of rotatable bonds is 6. The Morgan fingerprint density at radius 2 is 1.52 bits per heavy atom. The summed E-state index contributed by atoms with van der Waals surface area (Å²) in [7, 11) is 0. The fourth-order valence-electron chi connectivity index (χ4n) is 3.08. The maximum atomic E-state index is 12.8. The Hall–Kier alpha value is -2.41. The SMILES string of the molecule is CC(C)(C(=O)Nc1ccc(NC(=O)CN2CCOCC2)cc1)c1ccc(Cl)cc1. The third-order valence-corrected chi connectivity index (χ3v) is 5.28. The van der Waals surface area contributed by atoms with E-state index in [-0.39, 0.29) is 11.8 Å². The molecular weight excluding hydrogens is 390 g/mol. The summed E-state index contributed by atoms with van der Waals surface area (Å²) in [6, 6.07) is 14.4. The Balaban J connectivity index is 1.56. The van der Waals surface area contributed by atoms with Crippen molar-refractivity contribution in [1.29, 1.82) is 0 Å². The highest BCUT2D eigenvalue weighted by Crippen LogP contribution is 2.26. The second kappa shape index (κ2) is 9.39. The lowest BCUT2D eigenvalue weighted by Crippen LogP contribution is -2.41. The van der Waals surface area contributed by atoms with Gasteiger partial charge in [0.25, 0.3) is 0 Å². The third kappa shape index (κ3) is 5.79. The van der Waals surface area contributed by atoms with Crippen molar-refractivity contribution in [2.24, 2.45) is 0 Å². The summed E-state index contributed by atoms with van der Waals surface area (Å²) in [5.74, 6) is -0.184. The van der Waals surface area contributed by atoms with Crippen LogP contribution in [-0.4, -0.2) is 49.6 Å². The minimum Gasteiger partial charge on any atom is -0.379 e. The van der Waals surface area contributed by atoms with Crippen LogP contribution in [0.15, 0.2) is 48.5 Å². The molecule has 0 bridgehead atoms. The first-order valence-electron chi connectivity index (χ1n) is 9.62. The third-order valence-electron chi connectivity index (χ3n) is 5.03. The van der Waals surface area contributed by atoms with Crippen LogP contribution in [0.3, 0.4) is 0 Å². The molecule has 0 spiro atoms. The van der Waals surface area contributed by atoms with Crippen LogP contribution in [0.2, 0.25) is 5.02 Å². The summed E-state index contributed by atoms with van der Waals surface area (Å²) in [4.78, 5) is 27.0. The lowest BCUT2D eigenvalue weighted by atomic mass is 9.83. The van der Waals surface area contributed by atoms with Gasteiger partial charge in [-0.25, -0.2) is 0 Å². The number of carbonyl (C=O) groups excluding carboxylic acids is 2. The molecule has 2 N–H and O–H groups in total. The largest absolute Gasteiger partial charge is 0.379 e. The summed E-state index contributed by atoms with van der Waals surface area (Å²) in [5.41, 5.74) is 1.53. The lowest BCUT2D eigenvalue weighted by molar-refractivity contribution is -0.120. The zero-order chi connectivity index (χ0) is 20.9. The molecule has 0 unspecified atom stereocenters. The molecular formula is C22H26ClN3O3. The smallest absolute Gasteiger partial charge is 0.238 e. The molecule has 0 aromatic heterocycles. The summed E-state index contributed by atoms with van der Waals surface area (Å²) in [6.07, 6.45) is 0. The highest BCUT2D eigenvalue weighted by molar-refractivity contribution is 6.30. The first-order valence-corrected chi connectivity index (χ1v) is 10.00. The van der Waals surface area contributed by atoms with Gasteiger partial charge in [0.2, 0.25) is 11.8 Å². The van der Waals surface area contributed by atoms with E-state index in [1.54, 1.807) is 36.4 Å². The molecule has 1 fully saturated rings. The molecule has 29 heavy (non-hydrogen) atoms. The van der Waals surface area contributed by atoms with Gasteiger partial charge in [0, 0.05) is 29.5 Å². The Labute approximate surface area is 176 Å². The quantitative estimate of drug-likeness (QED) is 0.757. The molecule has 2 aromatic carbocycles. The number of nitrogens with zero attached hydrogens (tertiary/aromatic N) is 1. The molecule has 0 saturated carbocycles. The zero-order valence-electron chi connectivity index (χ0n) is 16.7. The van der Waals surface area contributed by atoms with Crippen LogP contribution in [0.25, 0.3) is 0 Å². The minimum absolute atomic E-state index is 0.0624. The standard InChI is InChI=1S/C22H26ClN3O3/c1-22(2,16-3-5-17(23)6-4-16)21(28)25-19-9-7-18(8-10-19)24-20(27)15-26-11-13-29-14-12-26/h3-10H,11-15H2,1-2H3,(H,24,27)(H,25,28). The van der Waals surface area contributed by atoms with E-state index < -0.39 is 5.41 Å². The first kappa shape index (κ1) is 21.3. The minimum atomic E-state index is -0.713. The molecule has 3 rings (SSSR count). The summed E-state index contributed by atoms with van der Waals surface area (Å²) in [6.45, 7) is 6.93. The number of ether oxygens (including phenoxy) is 1. The van der Waals surface area contributed by atoms with Gasteiger partial charge in [0.15, 0.2) is 0 Å². The predicted octanol–water partition coefficient (Wildman–Crippen LogP) is 3.53. The fraction of sp³-hybridized carbons (Fsp3) is 0.364. The number of halogens is 1. The second-order valence-corrected chi connectivity index (χ2v) is 8.04. The van der Waals surface area contributed by atoms with Crippen molar-refractivity contribution in [3.8, 4) is 0 Å². The van der Waals surface area contributed by atoms with Gasteiger partial charge < -0.3 is 15.4 Å². The Morgan fingerprint density at radius 3 is 2.10 bits per heavy atom. The van der Waals surface area contributed by atoms with Gasteiger partial charge in [-0.05, 0) is 55.8 Å². The van der Waals surface area contributed by atoms with Crippen LogP contribution >= 0.6 is 11.6 Å². The number of morpholine rings is 1. The number of anilines is 2. The van der Waals surface area contributed by atoms with E-state index in [1.807, 2.05) is 26.0 Å². The molecule has 0 aliphatic carbocycles. The normalized spacial score (nSPS) is 15.0. The average Bonchev–Trinajstić information content (AvgIpc) is 2.70. The number of nitrogens with one attached hydrogen (secondary N) is 2. The monoisotopic (exact) mass is 415 g/mol. The van der Waals surface area contributed by atoms with Crippen molar-refractivity contribution in [2.45, 2.75) is 19.3 Å². The molecule has 1 heterocycles. The molecule has 2 amide bonds. The van der Waals surface area contributed by atoms with E-state index in [4.69, 9.17) is 16.3 Å². The number of benzene rings is 2. The number of hydrogen-bond donors (Lipinski definition) is 2. The molecule has 1 aliphatic rings. The Morgan fingerprint density at radius 1 is 0.966 bits per heavy atom. The maximum absolute atomic E-state index is 12.8. The molecule has 2 aromatic rings. The molecule has 154 valence electrons. The van der Waals surface area contributed by atoms with E-state index in [2.05, 4.69) is 15.5 Å². The first-order chi connectivity index (χ1) is 13.8. The van der Waals surface area contributed by atoms with Gasteiger partial charge in [0.05, 0.1) is 25.2 Å². The zero-order valence-corrected chi connectivity index (χ0v) is 17.5. The van der Waals surface area contributed by atoms with Crippen LogP contribution in [-0.2, 0) is 19.7 Å². The summed E-state index contributed by atoms with van der Waals surface area (Å²) >= 11 is 5.94. The molecule has 0 atom stereocenters. The molecule has 6 nitrogen and oxygen atoms in total. The van der Waals surface area contributed by atoms with E-state index in [0.717, 1.165) is 18.7 Å². The van der Waals surface area contributed by atoms with E-state index in [0.29, 0.717) is 36.2 Å². The number of amides is 2. The highest BCUT2D eigenvalue weighted by atomic mass is 35.5. The van der Waals surface area contributed by atoms with Crippen molar-refractivity contribution in [2.75, 3.05) is 43.5 Å². The molecule has 0 radical (unpaired) electrons. The van der Waals surface area contributed by atoms with Gasteiger partial charge in [0.1, 0.15) is 0 Å². The van der Waals surface area contributed by atoms with Crippen LogP contribution < -0.4 is 10.6 Å². The molecule has 1 aliphatic heterocycles. The lowest BCUT2D eigenvalue weighted by Gasteiger charge is -2.25. The van der Waals surface area contributed by atoms with Crippen LogP contribution in [0.4, 0.5) is 11.4 Å². The fourth-order valence-corrected chi connectivity index (χ4v) is 3.21. The Kier molecular flexibility index (Phi) is 6.90. The Bertz CT molecular complexity index is 845. The van der Waals surface area contributed by atoms with Gasteiger partial charge in [-0.2, -0.15) is 0 Å². The van der Waals surface area contributed by atoms with E-state index in [9.17, 15) is 9.59 Å². The van der Waals surface area contributed by atoms with Gasteiger partial charge in [-0.1, -0.05) is 23.7 Å². The molecule has 7 heteroatoms. The van der Waals surface area contributed by atoms with E-state index in [1.165, 1.54) is 0 Å². The second-order valence-electron chi connectivity index (χ2n) is 7.60. The van der Waals surface area contributed by atoms with Crippen molar-refractivity contribution in [3.05, 3.63) is 59.1 Å². The van der Waals surface area contributed by atoms with Gasteiger partial charge in [-0.15, -0.1) is 0 Å². The van der Waals surface area contributed by atoms with Crippen LogP contribution in [0, 0.1) is 0 Å². The number of hydrogen-bond acceptors (Lipinski definition) is 4. The van der Waals surface area contributed by atoms with Crippen LogP contribution in [0.5, 0.6) is 0 Å². The van der Waals surface area contributed by atoms with Crippen molar-refractivity contribution >= 4 is 34.8 Å². The van der Waals surface area contributed by atoms with Crippen LogP contribution in [0.1, 0.15) is 19.4 Å². The van der Waals surface area contributed by atoms with Gasteiger partial charge >= 0.3 is 0 Å². The average molecular weight is 416 g/mol. The van der Waals surface area contributed by atoms with Crippen molar-refractivity contribution < 1.29 is 14.3 Å². The highest BCUT2D eigenvalue weighted by Gasteiger charge is 2.29. The van der Waals surface area contributed by atoms with Gasteiger partial charge in [-0.3, -0.25) is 14.5 Å². The van der Waals surface area contributed by atoms with E-state index >= 15 is 0 Å². The summed E-state index contributed by atoms with van der Waals surface area (Å²) in [5, 5.41) is 6.45. The number of carbonyl (C=O) groups is 2. The maximum Gasteiger partial charge on any atom is 0.238 e. The summed E-state index contributed by atoms with van der Waals surface area (Å²) < 4.78 is 5.29. The van der Waals surface area contributed by atoms with Crippen molar-refractivity contribution in [3.63, 3.8) is 0 Å². The molecule has 1 saturated heterocycles. The topological polar surface area (TPSA) is 70.7 Å². The van der Waals surface area contributed by atoms with Crippen molar-refractivity contribution in [1.82, 2.24) is 4.90 Å².